The summed E-state index contributed by atoms with van der Waals surface area (Å²) in [6.07, 6.45) is 3.82. The quantitative estimate of drug-likeness (QED) is 0.927. The van der Waals surface area contributed by atoms with Crippen molar-refractivity contribution in [2.24, 2.45) is 5.73 Å². The lowest BCUT2D eigenvalue weighted by atomic mass is 9.87. The number of rotatable bonds is 4. The van der Waals surface area contributed by atoms with Crippen LogP contribution < -0.4 is 5.73 Å². The fraction of sp³-hybridized carbons (Fsp3) is 0.714. The summed E-state index contributed by atoms with van der Waals surface area (Å²) in [5.41, 5.74) is 6.35. The minimum Gasteiger partial charge on any atom is -0.329 e. The van der Waals surface area contributed by atoms with E-state index in [1.54, 1.807) is 11.3 Å². The van der Waals surface area contributed by atoms with Crippen LogP contribution >= 0.6 is 22.9 Å². The van der Waals surface area contributed by atoms with E-state index in [0.717, 1.165) is 17.4 Å². The SMILES string of the molecule is CN(Cc1ccc(Cl)s1)C1(CN)CCN2CCCC21. The molecule has 2 N–H and O–H groups in total. The minimum atomic E-state index is 0.160. The Kier molecular flexibility index (Phi) is 3.89. The van der Waals surface area contributed by atoms with Gasteiger partial charge in [-0.25, -0.2) is 0 Å². The average molecular weight is 300 g/mol. The molecule has 0 spiro atoms. The van der Waals surface area contributed by atoms with Gasteiger partial charge in [0.15, 0.2) is 0 Å². The number of hydrogen-bond acceptors (Lipinski definition) is 4. The maximum Gasteiger partial charge on any atom is 0.0931 e. The molecule has 3 heterocycles. The van der Waals surface area contributed by atoms with Gasteiger partial charge < -0.3 is 5.73 Å². The van der Waals surface area contributed by atoms with E-state index >= 15 is 0 Å². The number of hydrogen-bond donors (Lipinski definition) is 1. The Morgan fingerprint density at radius 2 is 2.37 bits per heavy atom. The van der Waals surface area contributed by atoms with Crippen LogP contribution in [0.2, 0.25) is 4.34 Å². The molecule has 1 aromatic rings. The molecular weight excluding hydrogens is 278 g/mol. The van der Waals surface area contributed by atoms with Crippen LogP contribution in [0.25, 0.3) is 0 Å². The van der Waals surface area contributed by atoms with Crippen molar-refractivity contribution in [3.63, 3.8) is 0 Å². The number of nitrogens with zero attached hydrogens (tertiary/aromatic N) is 2. The second-order valence-corrected chi connectivity index (χ2v) is 7.61. The van der Waals surface area contributed by atoms with E-state index in [0.29, 0.717) is 6.04 Å². The first kappa shape index (κ1) is 13.8. The van der Waals surface area contributed by atoms with Crippen LogP contribution in [-0.4, -0.2) is 48.1 Å². The summed E-state index contributed by atoms with van der Waals surface area (Å²) in [6, 6.07) is 4.77. The van der Waals surface area contributed by atoms with Crippen molar-refractivity contribution in [1.82, 2.24) is 9.80 Å². The Hall–Kier alpha value is -0.130. The van der Waals surface area contributed by atoms with Crippen LogP contribution in [0, 0.1) is 0 Å². The zero-order chi connectivity index (χ0) is 13.5. The zero-order valence-electron chi connectivity index (χ0n) is 11.4. The van der Waals surface area contributed by atoms with Crippen molar-refractivity contribution in [3.05, 3.63) is 21.3 Å². The first-order valence-corrected chi connectivity index (χ1v) is 8.25. The van der Waals surface area contributed by atoms with Gasteiger partial charge in [0.05, 0.1) is 4.34 Å². The van der Waals surface area contributed by atoms with Gasteiger partial charge >= 0.3 is 0 Å². The zero-order valence-corrected chi connectivity index (χ0v) is 13.0. The van der Waals surface area contributed by atoms with Crippen molar-refractivity contribution in [3.8, 4) is 0 Å². The molecule has 0 aromatic carbocycles. The van der Waals surface area contributed by atoms with E-state index in [1.165, 1.54) is 37.2 Å². The van der Waals surface area contributed by atoms with Crippen molar-refractivity contribution < 1.29 is 0 Å². The van der Waals surface area contributed by atoms with Gasteiger partial charge in [-0.15, -0.1) is 11.3 Å². The second-order valence-electron chi connectivity index (χ2n) is 5.81. The van der Waals surface area contributed by atoms with E-state index in [-0.39, 0.29) is 5.54 Å². The van der Waals surface area contributed by atoms with E-state index in [1.807, 2.05) is 6.07 Å². The van der Waals surface area contributed by atoms with Gasteiger partial charge in [-0.1, -0.05) is 11.6 Å². The number of nitrogens with two attached hydrogens (primary N) is 1. The molecule has 2 aliphatic rings. The fourth-order valence-electron chi connectivity index (χ4n) is 3.87. The van der Waals surface area contributed by atoms with E-state index in [9.17, 15) is 0 Å². The van der Waals surface area contributed by atoms with E-state index in [4.69, 9.17) is 17.3 Å². The molecule has 1 aromatic heterocycles. The summed E-state index contributed by atoms with van der Waals surface area (Å²) in [6.45, 7) is 4.17. The Balaban J connectivity index is 1.77. The van der Waals surface area contributed by atoms with Crippen LogP contribution in [0.4, 0.5) is 0 Å². The monoisotopic (exact) mass is 299 g/mol. The highest BCUT2D eigenvalue weighted by Crippen LogP contribution is 2.40. The molecule has 3 nitrogen and oxygen atoms in total. The Labute approximate surface area is 124 Å². The Morgan fingerprint density at radius 1 is 1.53 bits per heavy atom. The highest BCUT2D eigenvalue weighted by Gasteiger charge is 2.50. The molecule has 5 heteroatoms. The molecule has 0 amide bonds. The summed E-state index contributed by atoms with van der Waals surface area (Å²) < 4.78 is 0.874. The van der Waals surface area contributed by atoms with Gasteiger partial charge in [0.2, 0.25) is 0 Å². The van der Waals surface area contributed by atoms with Crippen molar-refractivity contribution >= 4 is 22.9 Å². The number of fused-ring (bicyclic) bond motifs is 1. The number of likely N-dealkylation sites (N-methyl/N-ethyl adjacent to an activating group) is 1. The molecular formula is C14H22ClN3S. The average Bonchev–Trinajstić information content (AvgIpc) is 3.05. The molecule has 3 rings (SSSR count). The van der Waals surface area contributed by atoms with Crippen LogP contribution in [-0.2, 0) is 6.54 Å². The van der Waals surface area contributed by atoms with Gasteiger partial charge in [0.1, 0.15) is 0 Å². The lowest BCUT2D eigenvalue weighted by Gasteiger charge is -2.42. The van der Waals surface area contributed by atoms with Gasteiger partial charge in [0, 0.05) is 36.1 Å². The normalized spacial score (nSPS) is 31.3. The molecule has 106 valence electrons. The summed E-state index contributed by atoms with van der Waals surface area (Å²) in [5, 5.41) is 0. The van der Waals surface area contributed by atoms with Gasteiger partial charge in [-0.2, -0.15) is 0 Å². The Bertz CT molecular complexity index is 450. The Morgan fingerprint density at radius 3 is 3.05 bits per heavy atom. The van der Waals surface area contributed by atoms with Crippen LogP contribution in [0.1, 0.15) is 24.1 Å². The summed E-state index contributed by atoms with van der Waals surface area (Å²) in [4.78, 5) is 6.44. The largest absolute Gasteiger partial charge is 0.329 e. The predicted octanol–water partition coefficient (Wildman–Crippen LogP) is 2.40. The number of halogens is 1. The number of thiophene rings is 1. The van der Waals surface area contributed by atoms with Gasteiger partial charge in [-0.05, 0) is 45.0 Å². The third kappa shape index (κ3) is 2.34. The molecule has 2 unspecified atom stereocenters. The molecule has 19 heavy (non-hydrogen) atoms. The van der Waals surface area contributed by atoms with Crippen molar-refractivity contribution in [2.45, 2.75) is 37.4 Å². The second kappa shape index (κ2) is 5.34. The molecule has 0 saturated carbocycles. The lowest BCUT2D eigenvalue weighted by molar-refractivity contribution is 0.0850. The highest BCUT2D eigenvalue weighted by atomic mass is 35.5. The van der Waals surface area contributed by atoms with E-state index < -0.39 is 0 Å². The molecule has 2 aliphatic heterocycles. The first-order chi connectivity index (χ1) is 9.15. The van der Waals surface area contributed by atoms with E-state index in [2.05, 4.69) is 22.9 Å². The minimum absolute atomic E-state index is 0.160. The maximum absolute atomic E-state index is 6.19. The summed E-state index contributed by atoms with van der Waals surface area (Å²) >= 11 is 7.71. The first-order valence-electron chi connectivity index (χ1n) is 7.05. The van der Waals surface area contributed by atoms with Crippen LogP contribution in [0.3, 0.4) is 0 Å². The third-order valence-corrected chi connectivity index (χ3v) is 6.17. The molecule has 0 aliphatic carbocycles. The maximum atomic E-state index is 6.19. The topological polar surface area (TPSA) is 32.5 Å². The van der Waals surface area contributed by atoms with Gasteiger partial charge in [-0.3, -0.25) is 9.80 Å². The molecule has 0 bridgehead atoms. The van der Waals surface area contributed by atoms with Crippen molar-refractivity contribution in [2.75, 3.05) is 26.7 Å². The van der Waals surface area contributed by atoms with Crippen molar-refractivity contribution in [1.29, 1.82) is 0 Å². The summed E-state index contributed by atoms with van der Waals surface area (Å²) in [5.74, 6) is 0. The molecule has 2 saturated heterocycles. The standard InChI is InChI=1S/C14H22ClN3S/c1-17(9-11-4-5-13(15)19-11)14(10-16)6-8-18-7-2-3-12(14)18/h4-5,12H,2-3,6-10,16H2,1H3. The van der Waals surface area contributed by atoms with Gasteiger partial charge in [0.25, 0.3) is 0 Å². The highest BCUT2D eigenvalue weighted by molar-refractivity contribution is 7.16. The molecule has 2 atom stereocenters. The lowest BCUT2D eigenvalue weighted by Crippen LogP contribution is -2.58. The van der Waals surface area contributed by atoms with Crippen LogP contribution in [0.5, 0.6) is 0 Å². The smallest absolute Gasteiger partial charge is 0.0931 e. The molecule has 0 radical (unpaired) electrons. The van der Waals surface area contributed by atoms with Crippen LogP contribution in [0.15, 0.2) is 12.1 Å². The molecule has 2 fully saturated rings. The third-order valence-electron chi connectivity index (χ3n) is 4.95. The summed E-state index contributed by atoms with van der Waals surface area (Å²) in [7, 11) is 2.22. The predicted molar refractivity (Wildman–Crippen MR) is 81.8 cm³/mol. The fourth-order valence-corrected chi connectivity index (χ4v) is 5.01.